The maximum Gasteiger partial charge on any atom is 0.147 e. The molecule has 0 amide bonds. The fourth-order valence-electron chi connectivity index (χ4n) is 3.50. The van der Waals surface area contributed by atoms with Gasteiger partial charge in [-0.1, -0.05) is 12.1 Å². The molecule has 0 spiro atoms. The molecule has 0 unspecified atom stereocenters. The summed E-state index contributed by atoms with van der Waals surface area (Å²) in [5.74, 6) is 2.58. The normalized spacial score (nSPS) is 19.3. The summed E-state index contributed by atoms with van der Waals surface area (Å²) in [6.45, 7) is 8.73. The number of β-amino-alcohol motifs (C(OH)–C–C–N with tert-alkyl or cyclic N) is 1. The van der Waals surface area contributed by atoms with Crippen molar-refractivity contribution in [3.05, 3.63) is 41.5 Å². The lowest BCUT2D eigenvalue weighted by atomic mass is 10.2. The minimum absolute atomic E-state index is 0.314. The Morgan fingerprint density at radius 3 is 2.88 bits per heavy atom. The molecule has 2 aromatic rings. The number of ether oxygens (including phenoxy) is 1. The lowest BCUT2D eigenvalue weighted by Gasteiger charge is -2.27. The molecular weight excluding hydrogens is 316 g/mol. The minimum atomic E-state index is -0.500. The number of aliphatic hydroxyl groups is 1. The Hall–Kier alpha value is -1.92. The number of aryl methyl sites for hydroxylation is 3. The van der Waals surface area contributed by atoms with E-state index < -0.39 is 6.10 Å². The Morgan fingerprint density at radius 1 is 1.32 bits per heavy atom. The Kier molecular flexibility index (Phi) is 5.71. The molecule has 3 rings (SSSR count). The Labute approximate surface area is 149 Å². The van der Waals surface area contributed by atoms with Crippen molar-refractivity contribution in [2.45, 2.75) is 52.3 Å². The van der Waals surface area contributed by atoms with Crippen molar-refractivity contribution >= 4 is 0 Å². The minimum Gasteiger partial charge on any atom is -0.491 e. The molecule has 0 aliphatic carbocycles. The average Bonchev–Trinajstić information content (AvgIpc) is 3.12. The number of nitrogens with zero attached hydrogens (tertiary/aromatic N) is 4. The molecule has 6 nitrogen and oxygen atoms in total. The van der Waals surface area contributed by atoms with Gasteiger partial charge in [0.15, 0.2) is 0 Å². The number of benzene rings is 1. The monoisotopic (exact) mass is 344 g/mol. The van der Waals surface area contributed by atoms with Gasteiger partial charge in [0.25, 0.3) is 0 Å². The van der Waals surface area contributed by atoms with Gasteiger partial charge in [0.2, 0.25) is 0 Å². The summed E-state index contributed by atoms with van der Waals surface area (Å²) >= 11 is 0. The maximum atomic E-state index is 10.4. The number of likely N-dealkylation sites (tertiary alicyclic amines) is 1. The first-order valence-corrected chi connectivity index (χ1v) is 9.01. The van der Waals surface area contributed by atoms with Gasteiger partial charge in [-0.05, 0) is 57.9 Å². The highest BCUT2D eigenvalue weighted by molar-refractivity contribution is 5.27. The summed E-state index contributed by atoms with van der Waals surface area (Å²) in [5.41, 5.74) is 1.16. The molecule has 1 N–H and O–H groups in total. The first-order valence-electron chi connectivity index (χ1n) is 9.01. The lowest BCUT2D eigenvalue weighted by molar-refractivity contribution is 0.0608. The van der Waals surface area contributed by atoms with Crippen LogP contribution in [0, 0.1) is 20.8 Å². The van der Waals surface area contributed by atoms with E-state index in [2.05, 4.69) is 15.0 Å². The van der Waals surface area contributed by atoms with Crippen LogP contribution >= 0.6 is 0 Å². The predicted molar refractivity (Wildman–Crippen MR) is 96.8 cm³/mol. The van der Waals surface area contributed by atoms with Crippen molar-refractivity contribution in [1.82, 2.24) is 19.7 Å². The topological polar surface area (TPSA) is 63.4 Å². The van der Waals surface area contributed by atoms with Crippen molar-refractivity contribution in [1.29, 1.82) is 0 Å². The van der Waals surface area contributed by atoms with Gasteiger partial charge >= 0.3 is 0 Å². The van der Waals surface area contributed by atoms with E-state index in [1.165, 1.54) is 0 Å². The van der Waals surface area contributed by atoms with Gasteiger partial charge in [0, 0.05) is 12.6 Å². The summed E-state index contributed by atoms with van der Waals surface area (Å²) in [5, 5.41) is 14.8. The molecule has 0 saturated carbocycles. The largest absolute Gasteiger partial charge is 0.491 e. The molecule has 1 aromatic heterocycles. The molecule has 136 valence electrons. The van der Waals surface area contributed by atoms with E-state index in [0.717, 1.165) is 48.9 Å². The maximum absolute atomic E-state index is 10.4. The third-order valence-electron chi connectivity index (χ3n) is 4.72. The molecule has 2 heterocycles. The van der Waals surface area contributed by atoms with Gasteiger partial charge in [-0.2, -0.15) is 5.10 Å². The number of aromatic nitrogens is 3. The van der Waals surface area contributed by atoms with Gasteiger partial charge in [-0.25, -0.2) is 9.67 Å². The summed E-state index contributed by atoms with van der Waals surface area (Å²) in [6.07, 6.45) is 1.78. The second kappa shape index (κ2) is 7.97. The fraction of sp³-hybridized carbons (Fsp3) is 0.579. The summed E-state index contributed by atoms with van der Waals surface area (Å²) in [7, 11) is 0. The lowest BCUT2D eigenvalue weighted by Crippen LogP contribution is -2.40. The van der Waals surface area contributed by atoms with Crippen LogP contribution in [0.2, 0.25) is 0 Å². The van der Waals surface area contributed by atoms with Gasteiger partial charge in [0.05, 0.1) is 6.54 Å². The second-order valence-corrected chi connectivity index (χ2v) is 6.96. The summed E-state index contributed by atoms with van der Waals surface area (Å²) < 4.78 is 7.71. The molecule has 0 bridgehead atoms. The van der Waals surface area contributed by atoms with Gasteiger partial charge in [-0.15, -0.1) is 0 Å². The third kappa shape index (κ3) is 4.80. The zero-order valence-electron chi connectivity index (χ0n) is 15.4. The highest BCUT2D eigenvalue weighted by Gasteiger charge is 2.27. The van der Waals surface area contributed by atoms with Crippen molar-refractivity contribution in [3.8, 4) is 5.75 Å². The highest BCUT2D eigenvalue weighted by atomic mass is 16.5. The number of hydrogen-bond acceptors (Lipinski definition) is 5. The molecule has 6 heteroatoms. The first kappa shape index (κ1) is 17.9. The Morgan fingerprint density at radius 2 is 2.16 bits per heavy atom. The van der Waals surface area contributed by atoms with Crippen LogP contribution in [0.15, 0.2) is 24.3 Å². The molecular formula is C19H28N4O2. The van der Waals surface area contributed by atoms with E-state index in [9.17, 15) is 5.11 Å². The van der Waals surface area contributed by atoms with Crippen molar-refractivity contribution in [2.75, 3.05) is 19.7 Å². The van der Waals surface area contributed by atoms with Crippen molar-refractivity contribution in [3.63, 3.8) is 0 Å². The molecule has 1 aliphatic heterocycles. The molecule has 2 atom stereocenters. The molecule has 1 saturated heterocycles. The number of rotatable bonds is 7. The highest BCUT2D eigenvalue weighted by Crippen LogP contribution is 2.20. The Balaban J connectivity index is 1.51. The van der Waals surface area contributed by atoms with Gasteiger partial charge in [0.1, 0.15) is 30.1 Å². The fourth-order valence-corrected chi connectivity index (χ4v) is 3.50. The van der Waals surface area contributed by atoms with E-state index >= 15 is 0 Å². The van der Waals surface area contributed by atoms with Crippen LogP contribution in [-0.4, -0.2) is 56.6 Å². The average molecular weight is 344 g/mol. The van der Waals surface area contributed by atoms with E-state index in [-0.39, 0.29) is 0 Å². The van der Waals surface area contributed by atoms with Crippen LogP contribution in [0.1, 0.15) is 30.1 Å². The quantitative estimate of drug-likeness (QED) is 0.833. The van der Waals surface area contributed by atoms with Crippen LogP contribution in [0.3, 0.4) is 0 Å². The van der Waals surface area contributed by atoms with E-state index in [4.69, 9.17) is 4.74 Å². The van der Waals surface area contributed by atoms with E-state index in [0.29, 0.717) is 19.2 Å². The number of aliphatic hydroxyl groups excluding tert-OH is 1. The second-order valence-electron chi connectivity index (χ2n) is 6.96. The molecule has 25 heavy (non-hydrogen) atoms. The third-order valence-corrected chi connectivity index (χ3v) is 4.72. The van der Waals surface area contributed by atoms with Crippen LogP contribution in [0.25, 0.3) is 0 Å². The molecule has 1 fully saturated rings. The van der Waals surface area contributed by atoms with Crippen LogP contribution in [-0.2, 0) is 6.54 Å². The Bertz CT molecular complexity index is 700. The van der Waals surface area contributed by atoms with Gasteiger partial charge in [-0.3, -0.25) is 4.90 Å². The van der Waals surface area contributed by atoms with Crippen LogP contribution in [0.4, 0.5) is 0 Å². The summed E-state index contributed by atoms with van der Waals surface area (Å²) in [6, 6.07) is 8.31. The first-order chi connectivity index (χ1) is 12.0. The SMILES string of the molecule is Cc1cccc(OC[C@@H](O)CN2CCC[C@H]2Cn2nc(C)nc2C)c1. The molecule has 1 aromatic carbocycles. The zero-order chi connectivity index (χ0) is 17.8. The summed E-state index contributed by atoms with van der Waals surface area (Å²) in [4.78, 5) is 6.72. The van der Waals surface area contributed by atoms with Crippen LogP contribution in [0.5, 0.6) is 5.75 Å². The van der Waals surface area contributed by atoms with E-state index in [1.54, 1.807) is 0 Å². The predicted octanol–water partition coefficient (Wildman–Crippen LogP) is 2.11. The zero-order valence-corrected chi connectivity index (χ0v) is 15.4. The van der Waals surface area contributed by atoms with E-state index in [1.807, 2.05) is 49.7 Å². The molecule has 0 radical (unpaired) electrons. The van der Waals surface area contributed by atoms with Crippen LogP contribution < -0.4 is 4.74 Å². The van der Waals surface area contributed by atoms with Crippen molar-refractivity contribution in [2.24, 2.45) is 0 Å². The van der Waals surface area contributed by atoms with Gasteiger partial charge < -0.3 is 9.84 Å². The van der Waals surface area contributed by atoms with Crippen molar-refractivity contribution < 1.29 is 9.84 Å². The molecule has 1 aliphatic rings. The standard InChI is InChI=1S/C19H28N4O2/c1-14-6-4-8-19(10-14)25-13-18(24)12-22-9-5-7-17(22)11-23-16(3)20-15(2)21-23/h4,6,8,10,17-18,24H,5,7,9,11-13H2,1-3H3/t17-,18-/m0/s1. The number of hydrogen-bond donors (Lipinski definition) is 1. The smallest absolute Gasteiger partial charge is 0.147 e.